The Bertz CT molecular complexity index is 518. The first kappa shape index (κ1) is 11.8. The van der Waals surface area contributed by atoms with E-state index in [4.69, 9.17) is 5.73 Å². The summed E-state index contributed by atoms with van der Waals surface area (Å²) >= 11 is 3.07. The fourth-order valence-corrected chi connectivity index (χ4v) is 1.69. The number of nitrogens with zero attached hydrogens (tertiary/aromatic N) is 2. The largest absolute Gasteiger partial charge is 0.397 e. The molecular weight excluding hydrogens is 287 g/mol. The predicted octanol–water partition coefficient (Wildman–Crippen LogP) is 2.57. The molecule has 1 aromatic carbocycles. The number of hydrogen-bond acceptors (Lipinski definition) is 4. The Morgan fingerprint density at radius 2 is 2.24 bits per heavy atom. The van der Waals surface area contributed by atoms with Crippen LogP contribution in [0.2, 0.25) is 0 Å². The molecule has 0 aliphatic carbocycles. The standard InChI is InChI=1S/C11H10BrFN4/c12-8-4-10(14)11(5-9(8)13)15-6-7-2-1-3-16-17-7/h1-5,15H,6,14H2. The van der Waals surface area contributed by atoms with Gasteiger partial charge in [-0.05, 0) is 34.1 Å². The van der Waals surface area contributed by atoms with Crippen LogP contribution in [0.25, 0.3) is 0 Å². The minimum absolute atomic E-state index is 0.347. The highest BCUT2D eigenvalue weighted by Gasteiger charge is 2.05. The van der Waals surface area contributed by atoms with Crippen molar-refractivity contribution in [3.05, 3.63) is 46.4 Å². The monoisotopic (exact) mass is 296 g/mol. The van der Waals surface area contributed by atoms with E-state index in [1.807, 2.05) is 6.07 Å². The van der Waals surface area contributed by atoms with Crippen LogP contribution in [0.3, 0.4) is 0 Å². The van der Waals surface area contributed by atoms with Gasteiger partial charge in [-0.15, -0.1) is 0 Å². The first-order valence-electron chi connectivity index (χ1n) is 4.92. The van der Waals surface area contributed by atoms with Crippen LogP contribution >= 0.6 is 15.9 Å². The van der Waals surface area contributed by atoms with Crippen LogP contribution in [-0.4, -0.2) is 10.2 Å². The Morgan fingerprint density at radius 1 is 1.41 bits per heavy atom. The van der Waals surface area contributed by atoms with Crippen LogP contribution in [0, 0.1) is 5.82 Å². The molecule has 0 saturated heterocycles. The summed E-state index contributed by atoms with van der Waals surface area (Å²) in [6, 6.07) is 6.48. The van der Waals surface area contributed by atoms with Gasteiger partial charge in [0.15, 0.2) is 0 Å². The molecule has 0 spiro atoms. The van der Waals surface area contributed by atoms with Gasteiger partial charge in [-0.1, -0.05) is 0 Å². The third-order valence-corrected chi connectivity index (χ3v) is 2.79. The van der Waals surface area contributed by atoms with E-state index in [0.29, 0.717) is 22.4 Å². The van der Waals surface area contributed by atoms with E-state index in [-0.39, 0.29) is 5.82 Å². The molecule has 0 bridgehead atoms. The van der Waals surface area contributed by atoms with Crippen LogP contribution in [0.4, 0.5) is 15.8 Å². The van der Waals surface area contributed by atoms with Crippen molar-refractivity contribution in [3.63, 3.8) is 0 Å². The van der Waals surface area contributed by atoms with Gasteiger partial charge in [-0.3, -0.25) is 0 Å². The lowest BCUT2D eigenvalue weighted by molar-refractivity contribution is 0.621. The molecule has 0 saturated carbocycles. The molecule has 0 unspecified atom stereocenters. The maximum atomic E-state index is 13.3. The zero-order valence-electron chi connectivity index (χ0n) is 8.82. The first-order valence-corrected chi connectivity index (χ1v) is 5.71. The Morgan fingerprint density at radius 3 is 2.94 bits per heavy atom. The second-order valence-electron chi connectivity index (χ2n) is 3.42. The van der Waals surface area contributed by atoms with Gasteiger partial charge in [0, 0.05) is 12.3 Å². The van der Waals surface area contributed by atoms with E-state index < -0.39 is 0 Å². The molecule has 3 N–H and O–H groups in total. The number of rotatable bonds is 3. The second-order valence-corrected chi connectivity index (χ2v) is 4.28. The molecule has 4 nitrogen and oxygen atoms in total. The number of halogens is 2. The van der Waals surface area contributed by atoms with Crippen LogP contribution in [0.15, 0.2) is 34.9 Å². The maximum absolute atomic E-state index is 13.3. The molecule has 2 aromatic rings. The zero-order valence-corrected chi connectivity index (χ0v) is 10.4. The zero-order chi connectivity index (χ0) is 12.3. The van der Waals surface area contributed by atoms with Crippen LogP contribution in [-0.2, 0) is 6.54 Å². The minimum atomic E-state index is -0.360. The number of hydrogen-bond donors (Lipinski definition) is 2. The molecule has 88 valence electrons. The van der Waals surface area contributed by atoms with E-state index in [9.17, 15) is 4.39 Å². The molecular formula is C11H10BrFN4. The van der Waals surface area contributed by atoms with Gasteiger partial charge in [0.2, 0.25) is 0 Å². The lowest BCUT2D eigenvalue weighted by Gasteiger charge is -2.09. The summed E-state index contributed by atoms with van der Waals surface area (Å²) in [5.74, 6) is -0.360. The van der Waals surface area contributed by atoms with Crippen molar-refractivity contribution in [2.75, 3.05) is 11.1 Å². The van der Waals surface area contributed by atoms with Crippen molar-refractivity contribution in [2.45, 2.75) is 6.54 Å². The van der Waals surface area contributed by atoms with Gasteiger partial charge in [-0.2, -0.15) is 10.2 Å². The number of anilines is 2. The van der Waals surface area contributed by atoms with E-state index in [1.165, 1.54) is 12.1 Å². The van der Waals surface area contributed by atoms with Gasteiger partial charge in [0.25, 0.3) is 0 Å². The normalized spacial score (nSPS) is 10.2. The Balaban J connectivity index is 2.12. The van der Waals surface area contributed by atoms with Gasteiger partial charge < -0.3 is 11.1 Å². The topological polar surface area (TPSA) is 63.8 Å². The summed E-state index contributed by atoms with van der Waals surface area (Å²) in [7, 11) is 0. The summed E-state index contributed by atoms with van der Waals surface area (Å²) in [6.07, 6.45) is 1.59. The average Bonchev–Trinajstić information content (AvgIpc) is 2.33. The molecule has 1 aromatic heterocycles. The number of nitrogens with two attached hydrogens (primary N) is 1. The number of aromatic nitrogens is 2. The fourth-order valence-electron chi connectivity index (χ4n) is 1.33. The Hall–Kier alpha value is -1.69. The Labute approximate surface area is 106 Å². The lowest BCUT2D eigenvalue weighted by atomic mass is 10.2. The number of nitrogen functional groups attached to an aromatic ring is 1. The van der Waals surface area contributed by atoms with Crippen LogP contribution in [0.1, 0.15) is 5.69 Å². The molecule has 1 heterocycles. The smallest absolute Gasteiger partial charge is 0.139 e. The molecule has 0 fully saturated rings. The second kappa shape index (κ2) is 5.09. The summed E-state index contributed by atoms with van der Waals surface area (Å²) in [5, 5.41) is 10.7. The molecule has 0 aliphatic heterocycles. The van der Waals surface area contributed by atoms with Crippen molar-refractivity contribution < 1.29 is 4.39 Å². The summed E-state index contributed by atoms with van der Waals surface area (Å²) in [6.45, 7) is 0.444. The quantitative estimate of drug-likeness (QED) is 0.855. The van der Waals surface area contributed by atoms with Crippen molar-refractivity contribution in [2.24, 2.45) is 0 Å². The van der Waals surface area contributed by atoms with Crippen molar-refractivity contribution in [3.8, 4) is 0 Å². The Kier molecular flexibility index (Phi) is 3.53. The summed E-state index contributed by atoms with van der Waals surface area (Å²) < 4.78 is 13.7. The third-order valence-electron chi connectivity index (χ3n) is 2.18. The maximum Gasteiger partial charge on any atom is 0.139 e. The van der Waals surface area contributed by atoms with Crippen molar-refractivity contribution in [1.29, 1.82) is 0 Å². The number of nitrogens with one attached hydrogen (secondary N) is 1. The fraction of sp³-hybridized carbons (Fsp3) is 0.0909. The average molecular weight is 297 g/mol. The van der Waals surface area contributed by atoms with Crippen molar-refractivity contribution >= 4 is 27.3 Å². The lowest BCUT2D eigenvalue weighted by Crippen LogP contribution is -2.05. The van der Waals surface area contributed by atoms with E-state index >= 15 is 0 Å². The van der Waals surface area contributed by atoms with Crippen molar-refractivity contribution in [1.82, 2.24) is 10.2 Å². The van der Waals surface area contributed by atoms with Gasteiger partial charge in [0.05, 0.1) is 28.1 Å². The molecule has 6 heteroatoms. The highest BCUT2D eigenvalue weighted by molar-refractivity contribution is 9.10. The number of benzene rings is 1. The van der Waals surface area contributed by atoms with E-state index in [2.05, 4.69) is 31.4 Å². The molecule has 0 radical (unpaired) electrons. The SMILES string of the molecule is Nc1cc(Br)c(F)cc1NCc1cccnn1. The third kappa shape index (κ3) is 2.91. The summed E-state index contributed by atoms with van der Waals surface area (Å²) in [5.41, 5.74) is 7.53. The minimum Gasteiger partial charge on any atom is -0.397 e. The van der Waals surface area contributed by atoms with E-state index in [0.717, 1.165) is 5.69 Å². The molecule has 0 aliphatic rings. The summed E-state index contributed by atoms with van der Waals surface area (Å²) in [4.78, 5) is 0. The van der Waals surface area contributed by atoms with Gasteiger partial charge in [0.1, 0.15) is 5.82 Å². The molecule has 2 rings (SSSR count). The highest BCUT2D eigenvalue weighted by atomic mass is 79.9. The molecule has 0 amide bonds. The highest BCUT2D eigenvalue weighted by Crippen LogP contribution is 2.26. The molecule has 0 atom stereocenters. The first-order chi connectivity index (χ1) is 8.16. The van der Waals surface area contributed by atoms with Crippen LogP contribution < -0.4 is 11.1 Å². The van der Waals surface area contributed by atoms with Crippen LogP contribution in [0.5, 0.6) is 0 Å². The molecule has 17 heavy (non-hydrogen) atoms. The van der Waals surface area contributed by atoms with Gasteiger partial charge >= 0.3 is 0 Å². The van der Waals surface area contributed by atoms with Gasteiger partial charge in [-0.25, -0.2) is 4.39 Å². The van der Waals surface area contributed by atoms with E-state index in [1.54, 1.807) is 12.3 Å². The predicted molar refractivity (Wildman–Crippen MR) is 67.9 cm³/mol.